The maximum absolute atomic E-state index is 2.29. The van der Waals surface area contributed by atoms with Crippen molar-refractivity contribution >= 4 is 35.6 Å². The molecule has 0 aliphatic heterocycles. The quantitative estimate of drug-likeness (QED) is 0.412. The van der Waals surface area contributed by atoms with Gasteiger partial charge in [-0.3, -0.25) is 0 Å². The smallest absolute Gasteiger partial charge is 0.0205 e. The van der Waals surface area contributed by atoms with Crippen LogP contribution in [0.4, 0.5) is 0 Å². The third kappa shape index (κ3) is 3.90. The molecule has 0 bridgehead atoms. The molecule has 0 N–H and O–H groups in total. The van der Waals surface area contributed by atoms with Gasteiger partial charge in [-0.1, -0.05) is 109 Å². The SMILES string of the molecule is c1ccc(Sc2ccccc2P(c2ccccc2)c2ccccc2)cc1. The average Bonchev–Trinajstić information content (AvgIpc) is 2.72. The van der Waals surface area contributed by atoms with Crippen LogP contribution in [0.1, 0.15) is 0 Å². The minimum absolute atomic E-state index is 0.584. The Hall–Kier alpha value is -2.34. The first kappa shape index (κ1) is 17.1. The predicted molar refractivity (Wildman–Crippen MR) is 116 cm³/mol. The van der Waals surface area contributed by atoms with Crippen LogP contribution < -0.4 is 15.9 Å². The monoisotopic (exact) mass is 370 g/mol. The second-order valence-corrected chi connectivity index (χ2v) is 9.19. The Morgan fingerprint density at radius 3 is 1.50 bits per heavy atom. The molecular formula is C24H19PS. The van der Waals surface area contributed by atoms with E-state index >= 15 is 0 Å². The molecule has 0 atom stereocenters. The van der Waals surface area contributed by atoms with Crippen LogP contribution in [0.15, 0.2) is 125 Å². The summed E-state index contributed by atoms with van der Waals surface area (Å²) in [4.78, 5) is 2.61. The van der Waals surface area contributed by atoms with Gasteiger partial charge in [0.25, 0.3) is 0 Å². The van der Waals surface area contributed by atoms with Gasteiger partial charge < -0.3 is 0 Å². The summed E-state index contributed by atoms with van der Waals surface area (Å²) in [6, 6.07) is 41.2. The van der Waals surface area contributed by atoms with Crippen LogP contribution in [0.5, 0.6) is 0 Å². The Morgan fingerprint density at radius 2 is 0.923 bits per heavy atom. The standard InChI is InChI=1S/C24H19PS/c1-4-12-20(13-5-1)25(21-14-6-2-7-15-21)23-18-10-11-19-24(23)26-22-16-8-3-9-17-22/h1-19H. The Labute approximate surface area is 160 Å². The molecule has 0 saturated carbocycles. The van der Waals surface area contributed by atoms with E-state index in [2.05, 4.69) is 115 Å². The summed E-state index contributed by atoms with van der Waals surface area (Å²) in [5.74, 6) is 0. The van der Waals surface area contributed by atoms with Crippen molar-refractivity contribution in [1.82, 2.24) is 0 Å². The Bertz CT molecular complexity index is 913. The van der Waals surface area contributed by atoms with Gasteiger partial charge in [-0.25, -0.2) is 0 Å². The van der Waals surface area contributed by atoms with Gasteiger partial charge in [0.1, 0.15) is 0 Å². The normalized spacial score (nSPS) is 10.8. The van der Waals surface area contributed by atoms with Crippen molar-refractivity contribution in [2.24, 2.45) is 0 Å². The van der Waals surface area contributed by atoms with E-state index in [1.165, 1.54) is 25.7 Å². The Balaban J connectivity index is 1.82. The highest BCUT2D eigenvalue weighted by molar-refractivity contribution is 8.00. The maximum atomic E-state index is 2.29. The molecule has 0 amide bonds. The molecule has 0 fully saturated rings. The molecule has 26 heavy (non-hydrogen) atoms. The van der Waals surface area contributed by atoms with E-state index < -0.39 is 7.92 Å². The van der Waals surface area contributed by atoms with Crippen LogP contribution in [0.3, 0.4) is 0 Å². The molecule has 126 valence electrons. The van der Waals surface area contributed by atoms with Gasteiger partial charge >= 0.3 is 0 Å². The summed E-state index contributed by atoms with van der Waals surface area (Å²) >= 11 is 1.85. The lowest BCUT2D eigenvalue weighted by molar-refractivity contribution is 1.43. The summed E-state index contributed by atoms with van der Waals surface area (Å²) < 4.78 is 0. The Morgan fingerprint density at radius 1 is 0.462 bits per heavy atom. The van der Waals surface area contributed by atoms with Gasteiger partial charge in [-0.05, 0) is 42.0 Å². The van der Waals surface area contributed by atoms with E-state index in [0.717, 1.165) is 0 Å². The third-order valence-corrected chi connectivity index (χ3v) is 7.84. The van der Waals surface area contributed by atoms with Crippen LogP contribution in [0.25, 0.3) is 0 Å². The predicted octanol–water partition coefficient (Wildman–Crippen LogP) is 5.60. The average molecular weight is 370 g/mol. The summed E-state index contributed by atoms with van der Waals surface area (Å²) in [6.07, 6.45) is 0. The van der Waals surface area contributed by atoms with Gasteiger partial charge in [0.15, 0.2) is 0 Å². The van der Waals surface area contributed by atoms with E-state index in [1.54, 1.807) is 0 Å². The van der Waals surface area contributed by atoms with E-state index in [9.17, 15) is 0 Å². The van der Waals surface area contributed by atoms with Crippen molar-refractivity contribution in [2.45, 2.75) is 9.79 Å². The molecule has 0 unspecified atom stereocenters. The van der Waals surface area contributed by atoms with Gasteiger partial charge in [-0.15, -0.1) is 0 Å². The number of hydrogen-bond acceptors (Lipinski definition) is 1. The molecule has 0 aromatic heterocycles. The zero-order chi connectivity index (χ0) is 17.6. The van der Waals surface area contributed by atoms with E-state index in [-0.39, 0.29) is 0 Å². The lowest BCUT2D eigenvalue weighted by Crippen LogP contribution is -2.21. The van der Waals surface area contributed by atoms with Crippen molar-refractivity contribution in [3.05, 3.63) is 115 Å². The topological polar surface area (TPSA) is 0 Å². The maximum Gasteiger partial charge on any atom is 0.0205 e. The molecule has 0 radical (unpaired) electrons. The van der Waals surface area contributed by atoms with Crippen LogP contribution >= 0.6 is 19.7 Å². The second kappa shape index (κ2) is 8.36. The minimum Gasteiger partial charge on any atom is -0.0894 e. The van der Waals surface area contributed by atoms with Gasteiger partial charge in [0, 0.05) is 9.79 Å². The van der Waals surface area contributed by atoms with Crippen LogP contribution in [-0.4, -0.2) is 0 Å². The Kier molecular flexibility index (Phi) is 5.50. The number of hydrogen-bond donors (Lipinski definition) is 0. The van der Waals surface area contributed by atoms with Crippen molar-refractivity contribution in [2.75, 3.05) is 0 Å². The van der Waals surface area contributed by atoms with Crippen LogP contribution in [-0.2, 0) is 0 Å². The minimum atomic E-state index is -0.584. The van der Waals surface area contributed by atoms with Crippen molar-refractivity contribution in [3.63, 3.8) is 0 Å². The zero-order valence-corrected chi connectivity index (χ0v) is 16.0. The van der Waals surface area contributed by atoms with E-state index in [4.69, 9.17) is 0 Å². The summed E-state index contributed by atoms with van der Waals surface area (Å²) in [5.41, 5.74) is 0. The molecule has 4 rings (SSSR count). The van der Waals surface area contributed by atoms with E-state index in [1.807, 2.05) is 11.8 Å². The largest absolute Gasteiger partial charge is 0.0894 e. The summed E-state index contributed by atoms with van der Waals surface area (Å²) in [5, 5.41) is 4.18. The molecule has 0 aliphatic rings. The molecular weight excluding hydrogens is 351 g/mol. The van der Waals surface area contributed by atoms with Gasteiger partial charge in [0.2, 0.25) is 0 Å². The number of benzene rings is 4. The first-order chi connectivity index (χ1) is 12.9. The molecule has 0 nitrogen and oxygen atoms in total. The molecule has 2 heteroatoms. The fraction of sp³-hybridized carbons (Fsp3) is 0. The summed E-state index contributed by atoms with van der Waals surface area (Å²) in [7, 11) is -0.584. The molecule has 4 aromatic rings. The molecule has 4 aromatic carbocycles. The lowest BCUT2D eigenvalue weighted by Gasteiger charge is -2.22. The van der Waals surface area contributed by atoms with Gasteiger partial charge in [-0.2, -0.15) is 0 Å². The fourth-order valence-corrected chi connectivity index (χ4v) is 6.53. The van der Waals surface area contributed by atoms with E-state index in [0.29, 0.717) is 0 Å². The third-order valence-electron chi connectivity index (χ3n) is 4.11. The van der Waals surface area contributed by atoms with Crippen molar-refractivity contribution < 1.29 is 0 Å². The highest BCUT2D eigenvalue weighted by Gasteiger charge is 2.19. The second-order valence-electron chi connectivity index (χ2n) is 5.89. The summed E-state index contributed by atoms with van der Waals surface area (Å²) in [6.45, 7) is 0. The van der Waals surface area contributed by atoms with Crippen molar-refractivity contribution in [3.8, 4) is 0 Å². The van der Waals surface area contributed by atoms with Crippen LogP contribution in [0.2, 0.25) is 0 Å². The zero-order valence-electron chi connectivity index (χ0n) is 14.3. The molecule has 0 spiro atoms. The fourth-order valence-electron chi connectivity index (χ4n) is 2.93. The number of rotatable bonds is 5. The molecule has 0 aliphatic carbocycles. The van der Waals surface area contributed by atoms with Crippen molar-refractivity contribution in [1.29, 1.82) is 0 Å². The van der Waals surface area contributed by atoms with Gasteiger partial charge in [0.05, 0.1) is 0 Å². The molecule has 0 saturated heterocycles. The molecule has 0 heterocycles. The first-order valence-corrected chi connectivity index (χ1v) is 10.8. The lowest BCUT2D eigenvalue weighted by atomic mass is 10.3. The highest BCUT2D eigenvalue weighted by atomic mass is 32.2. The van der Waals surface area contributed by atoms with Crippen LogP contribution in [0, 0.1) is 0 Å². The first-order valence-electron chi connectivity index (χ1n) is 8.64. The highest BCUT2D eigenvalue weighted by Crippen LogP contribution is 2.38.